The minimum Gasteiger partial charge on any atom is -0.303 e. The molecule has 0 saturated carbocycles. The van der Waals surface area contributed by atoms with Gasteiger partial charge in [0.1, 0.15) is 6.29 Å². The number of nitro benzene ring substituents is 1. The minimum absolute atomic E-state index is 0.000741. The molecule has 0 spiro atoms. The lowest BCUT2D eigenvalue weighted by Crippen LogP contribution is -2.02. The number of nitrogens with zero attached hydrogens (tertiary/aromatic N) is 1. The molecule has 86 valence electrons. The second-order valence-electron chi connectivity index (χ2n) is 3.30. The van der Waals surface area contributed by atoms with Gasteiger partial charge in [0.25, 0.3) is 12.1 Å². The summed E-state index contributed by atoms with van der Waals surface area (Å²) in [5, 5.41) is 10.5. The first-order valence-electron chi connectivity index (χ1n) is 4.49. The smallest absolute Gasteiger partial charge is 0.269 e. The van der Waals surface area contributed by atoms with Gasteiger partial charge in [0.05, 0.1) is 4.92 Å². The van der Waals surface area contributed by atoms with Crippen molar-refractivity contribution in [1.82, 2.24) is 0 Å². The van der Waals surface area contributed by atoms with E-state index >= 15 is 0 Å². The molecule has 1 aromatic carbocycles. The Morgan fingerprint density at radius 2 is 2.00 bits per heavy atom. The second kappa shape index (κ2) is 4.78. The van der Waals surface area contributed by atoms with Crippen molar-refractivity contribution in [3.63, 3.8) is 0 Å². The van der Waals surface area contributed by atoms with Crippen LogP contribution in [0.1, 0.15) is 30.4 Å². The number of rotatable bonds is 4. The molecule has 16 heavy (non-hydrogen) atoms. The summed E-state index contributed by atoms with van der Waals surface area (Å²) in [7, 11) is 0. The first-order valence-corrected chi connectivity index (χ1v) is 4.49. The quantitative estimate of drug-likeness (QED) is 0.453. The number of hydrogen-bond donors (Lipinski definition) is 0. The molecule has 1 aromatic rings. The molecule has 0 aromatic heterocycles. The number of aldehydes is 1. The summed E-state index contributed by atoms with van der Waals surface area (Å²) in [6, 6.07) is 3.00. The molecule has 0 aliphatic rings. The molecule has 1 rings (SSSR count). The number of hydrogen-bond acceptors (Lipinski definition) is 3. The molecule has 0 bridgehead atoms. The molecular weight excluding hydrogens is 220 g/mol. The van der Waals surface area contributed by atoms with E-state index in [1.54, 1.807) is 0 Å². The Bertz CT molecular complexity index is 421. The predicted octanol–water partition coefficient (Wildman–Crippen LogP) is 2.83. The fourth-order valence-corrected chi connectivity index (χ4v) is 1.34. The lowest BCUT2D eigenvalue weighted by molar-refractivity contribution is -0.384. The van der Waals surface area contributed by atoms with Crippen molar-refractivity contribution in [3.05, 3.63) is 39.4 Å². The van der Waals surface area contributed by atoms with E-state index in [4.69, 9.17) is 0 Å². The van der Waals surface area contributed by atoms with Crippen molar-refractivity contribution in [3.8, 4) is 0 Å². The number of benzene rings is 1. The minimum atomic E-state index is -2.75. The summed E-state index contributed by atoms with van der Waals surface area (Å²) >= 11 is 0. The van der Waals surface area contributed by atoms with Gasteiger partial charge < -0.3 is 4.79 Å². The normalized spacial score (nSPS) is 12.5. The third-order valence-electron chi connectivity index (χ3n) is 2.21. The Hall–Kier alpha value is -1.85. The average molecular weight is 229 g/mol. The van der Waals surface area contributed by atoms with Crippen molar-refractivity contribution in [2.24, 2.45) is 0 Å². The summed E-state index contributed by atoms with van der Waals surface area (Å²) in [4.78, 5) is 20.3. The van der Waals surface area contributed by atoms with Gasteiger partial charge in [-0.3, -0.25) is 10.1 Å². The highest BCUT2D eigenvalue weighted by Gasteiger charge is 2.20. The fourth-order valence-electron chi connectivity index (χ4n) is 1.34. The van der Waals surface area contributed by atoms with Gasteiger partial charge in [-0.1, -0.05) is 6.92 Å². The van der Waals surface area contributed by atoms with Crippen LogP contribution in [0.25, 0.3) is 0 Å². The Kier molecular flexibility index (Phi) is 3.65. The van der Waals surface area contributed by atoms with E-state index in [9.17, 15) is 23.7 Å². The van der Waals surface area contributed by atoms with Crippen molar-refractivity contribution >= 4 is 12.0 Å². The molecule has 6 heteroatoms. The number of carbonyl (C=O) groups excluding carboxylic acids is 1. The number of halogens is 2. The van der Waals surface area contributed by atoms with Crippen LogP contribution in [0.3, 0.4) is 0 Å². The summed E-state index contributed by atoms with van der Waals surface area (Å²) in [6.07, 6.45) is -2.27. The lowest BCUT2D eigenvalue weighted by Gasteiger charge is -2.10. The first-order chi connectivity index (χ1) is 7.47. The molecule has 0 aliphatic carbocycles. The van der Waals surface area contributed by atoms with Crippen molar-refractivity contribution in [2.45, 2.75) is 19.3 Å². The first kappa shape index (κ1) is 12.2. The Morgan fingerprint density at radius 3 is 2.44 bits per heavy atom. The monoisotopic (exact) mass is 229 g/mol. The molecule has 1 unspecified atom stereocenters. The summed E-state index contributed by atoms with van der Waals surface area (Å²) in [5.41, 5.74) is -0.641. The van der Waals surface area contributed by atoms with Gasteiger partial charge >= 0.3 is 0 Å². The number of non-ortho nitro benzene ring substituents is 1. The SMILES string of the molecule is CC(C=O)c1cc([N+](=O)[O-])ccc1C(F)F. The van der Waals surface area contributed by atoms with Crippen molar-refractivity contribution in [1.29, 1.82) is 0 Å². The standard InChI is InChI=1S/C10H9F2NO3/c1-6(5-14)9-4-7(13(15)16)2-3-8(9)10(11)12/h2-6,10H,1H3. The van der Waals surface area contributed by atoms with E-state index in [1.165, 1.54) is 6.92 Å². The van der Waals surface area contributed by atoms with Crippen LogP contribution in [0.4, 0.5) is 14.5 Å². The zero-order valence-electron chi connectivity index (χ0n) is 8.39. The second-order valence-corrected chi connectivity index (χ2v) is 3.30. The molecule has 0 fully saturated rings. The highest BCUT2D eigenvalue weighted by molar-refractivity contribution is 5.63. The van der Waals surface area contributed by atoms with Gasteiger partial charge in [-0.05, 0) is 11.6 Å². The fraction of sp³-hybridized carbons (Fsp3) is 0.300. The molecule has 0 radical (unpaired) electrons. The topological polar surface area (TPSA) is 60.2 Å². The highest BCUT2D eigenvalue weighted by atomic mass is 19.3. The van der Waals surface area contributed by atoms with Crippen LogP contribution >= 0.6 is 0 Å². The number of nitro groups is 1. The predicted molar refractivity (Wildman–Crippen MR) is 52.5 cm³/mol. The van der Waals surface area contributed by atoms with Crippen LogP contribution in [0.2, 0.25) is 0 Å². The zero-order valence-corrected chi connectivity index (χ0v) is 8.39. The van der Waals surface area contributed by atoms with E-state index in [-0.39, 0.29) is 16.8 Å². The van der Waals surface area contributed by atoms with E-state index in [1.807, 2.05) is 0 Å². The molecule has 4 nitrogen and oxygen atoms in total. The summed E-state index contributed by atoms with van der Waals surface area (Å²) in [5.74, 6) is -0.788. The highest BCUT2D eigenvalue weighted by Crippen LogP contribution is 2.30. The van der Waals surface area contributed by atoms with Gasteiger partial charge in [0.15, 0.2) is 0 Å². The Morgan fingerprint density at radius 1 is 1.38 bits per heavy atom. The molecule has 0 amide bonds. The molecular formula is C10H9F2NO3. The van der Waals surface area contributed by atoms with Crippen molar-refractivity contribution in [2.75, 3.05) is 0 Å². The van der Waals surface area contributed by atoms with Gasteiger partial charge in [0, 0.05) is 23.6 Å². The molecule has 1 atom stereocenters. The Labute approximate surface area is 90.0 Å². The van der Waals surface area contributed by atoms with Gasteiger partial charge in [-0.2, -0.15) is 0 Å². The zero-order chi connectivity index (χ0) is 12.3. The van der Waals surface area contributed by atoms with Crippen LogP contribution < -0.4 is 0 Å². The third kappa shape index (κ3) is 2.39. The van der Waals surface area contributed by atoms with Crippen molar-refractivity contribution < 1.29 is 18.5 Å². The van der Waals surface area contributed by atoms with Crippen LogP contribution in [0, 0.1) is 10.1 Å². The van der Waals surface area contributed by atoms with Gasteiger partial charge in [-0.15, -0.1) is 0 Å². The third-order valence-corrected chi connectivity index (χ3v) is 2.21. The summed E-state index contributed by atoms with van der Waals surface area (Å²) < 4.78 is 25.1. The molecule has 0 aliphatic heterocycles. The van der Waals surface area contributed by atoms with Crippen LogP contribution in [0.5, 0.6) is 0 Å². The average Bonchev–Trinajstić information content (AvgIpc) is 2.26. The van der Waals surface area contributed by atoms with Gasteiger partial charge in [0.2, 0.25) is 0 Å². The molecule has 0 heterocycles. The van der Waals surface area contributed by atoms with Crippen LogP contribution in [-0.4, -0.2) is 11.2 Å². The molecule has 0 saturated heterocycles. The van der Waals surface area contributed by atoms with E-state index < -0.39 is 17.3 Å². The Balaban J connectivity index is 3.31. The number of carbonyl (C=O) groups is 1. The maximum absolute atomic E-state index is 12.6. The summed E-state index contributed by atoms with van der Waals surface area (Å²) in [6.45, 7) is 1.41. The van der Waals surface area contributed by atoms with E-state index in [0.29, 0.717) is 6.29 Å². The number of alkyl halides is 2. The largest absolute Gasteiger partial charge is 0.303 e. The van der Waals surface area contributed by atoms with Crippen LogP contribution in [-0.2, 0) is 4.79 Å². The van der Waals surface area contributed by atoms with E-state index in [2.05, 4.69) is 0 Å². The van der Waals surface area contributed by atoms with Gasteiger partial charge in [-0.25, -0.2) is 8.78 Å². The van der Waals surface area contributed by atoms with E-state index in [0.717, 1.165) is 18.2 Å². The molecule has 0 N–H and O–H groups in total. The van der Waals surface area contributed by atoms with Crippen LogP contribution in [0.15, 0.2) is 18.2 Å². The maximum Gasteiger partial charge on any atom is 0.269 e. The lowest BCUT2D eigenvalue weighted by atomic mass is 9.96. The maximum atomic E-state index is 12.6.